The highest BCUT2D eigenvalue weighted by Crippen LogP contribution is 2.31. The fraction of sp³-hybridized carbons (Fsp3) is 0.500. The molecule has 0 aliphatic heterocycles. The van der Waals surface area contributed by atoms with Crippen LogP contribution in [0.1, 0.15) is 31.7 Å². The Balaban J connectivity index is 3.01. The van der Waals surface area contributed by atoms with Gasteiger partial charge in [0, 0.05) is 0 Å². The van der Waals surface area contributed by atoms with Crippen LogP contribution in [0.3, 0.4) is 0 Å². The van der Waals surface area contributed by atoms with Crippen LogP contribution < -0.4 is 9.47 Å². The Morgan fingerprint density at radius 2 is 1.79 bits per heavy atom. The van der Waals surface area contributed by atoms with Gasteiger partial charge in [0.1, 0.15) is 0 Å². The van der Waals surface area contributed by atoms with Gasteiger partial charge in [-0.2, -0.15) is 0 Å². The maximum atomic E-state index is 5.25. The van der Waals surface area contributed by atoms with Crippen molar-refractivity contribution in [1.29, 1.82) is 0 Å². The van der Waals surface area contributed by atoms with E-state index in [0.29, 0.717) is 5.92 Å². The molecule has 2 nitrogen and oxygen atoms in total. The summed E-state index contributed by atoms with van der Waals surface area (Å²) >= 11 is 0. The lowest BCUT2D eigenvalue weighted by Gasteiger charge is -2.13. The molecule has 14 heavy (non-hydrogen) atoms. The highest BCUT2D eigenvalue weighted by molar-refractivity contribution is 5.43. The Kier molecular flexibility index (Phi) is 3.81. The van der Waals surface area contributed by atoms with E-state index in [1.54, 1.807) is 14.2 Å². The van der Waals surface area contributed by atoms with Crippen LogP contribution in [0, 0.1) is 0 Å². The van der Waals surface area contributed by atoms with E-state index in [4.69, 9.17) is 9.47 Å². The molecule has 0 aliphatic rings. The first kappa shape index (κ1) is 10.9. The Hall–Kier alpha value is -1.18. The Labute approximate surface area is 85.8 Å². The van der Waals surface area contributed by atoms with Crippen molar-refractivity contribution in [3.63, 3.8) is 0 Å². The predicted molar refractivity (Wildman–Crippen MR) is 58.3 cm³/mol. The molecular weight excluding hydrogens is 176 g/mol. The van der Waals surface area contributed by atoms with Crippen LogP contribution in [0.5, 0.6) is 11.5 Å². The fourth-order valence-electron chi connectivity index (χ4n) is 1.40. The summed E-state index contributed by atoms with van der Waals surface area (Å²) in [6.07, 6.45) is 1.13. The predicted octanol–water partition coefficient (Wildman–Crippen LogP) is 3.22. The molecule has 2 heteroatoms. The molecule has 0 saturated heterocycles. The van der Waals surface area contributed by atoms with Crippen molar-refractivity contribution in [3.05, 3.63) is 23.8 Å². The van der Waals surface area contributed by atoms with Gasteiger partial charge in [-0.05, 0) is 30.0 Å². The van der Waals surface area contributed by atoms with E-state index in [-0.39, 0.29) is 0 Å². The van der Waals surface area contributed by atoms with E-state index in [1.807, 2.05) is 12.1 Å². The molecule has 1 atom stereocenters. The average molecular weight is 194 g/mol. The van der Waals surface area contributed by atoms with Crippen LogP contribution in [-0.2, 0) is 0 Å². The third-order valence-corrected chi connectivity index (χ3v) is 2.59. The van der Waals surface area contributed by atoms with Gasteiger partial charge < -0.3 is 9.47 Å². The van der Waals surface area contributed by atoms with Crippen molar-refractivity contribution in [1.82, 2.24) is 0 Å². The number of benzene rings is 1. The maximum absolute atomic E-state index is 5.25. The van der Waals surface area contributed by atoms with Crippen LogP contribution in [0.25, 0.3) is 0 Å². The first-order valence-electron chi connectivity index (χ1n) is 4.94. The minimum absolute atomic E-state index is 0.565. The van der Waals surface area contributed by atoms with E-state index >= 15 is 0 Å². The minimum atomic E-state index is 0.565. The number of ether oxygens (including phenoxy) is 2. The molecule has 1 rings (SSSR count). The maximum Gasteiger partial charge on any atom is 0.160 e. The van der Waals surface area contributed by atoms with Gasteiger partial charge >= 0.3 is 0 Å². The van der Waals surface area contributed by atoms with E-state index in [2.05, 4.69) is 19.9 Å². The normalized spacial score (nSPS) is 12.3. The Bertz CT molecular complexity index is 294. The molecule has 1 aromatic carbocycles. The highest BCUT2D eigenvalue weighted by Gasteiger charge is 2.08. The summed E-state index contributed by atoms with van der Waals surface area (Å²) < 4.78 is 10.4. The number of rotatable bonds is 4. The lowest BCUT2D eigenvalue weighted by molar-refractivity contribution is 0.354. The summed E-state index contributed by atoms with van der Waals surface area (Å²) in [5, 5.41) is 0. The first-order chi connectivity index (χ1) is 6.72. The molecule has 0 heterocycles. The molecule has 1 aromatic rings. The molecule has 0 fully saturated rings. The van der Waals surface area contributed by atoms with E-state index in [0.717, 1.165) is 17.9 Å². The zero-order chi connectivity index (χ0) is 10.6. The zero-order valence-electron chi connectivity index (χ0n) is 9.33. The summed E-state index contributed by atoms with van der Waals surface area (Å²) in [6.45, 7) is 4.39. The fourth-order valence-corrected chi connectivity index (χ4v) is 1.40. The molecule has 1 unspecified atom stereocenters. The minimum Gasteiger partial charge on any atom is -0.493 e. The van der Waals surface area contributed by atoms with Crippen molar-refractivity contribution in [2.24, 2.45) is 0 Å². The molecule has 0 aromatic heterocycles. The average Bonchev–Trinajstić information content (AvgIpc) is 2.26. The lowest BCUT2D eigenvalue weighted by Crippen LogP contribution is -1.95. The van der Waals surface area contributed by atoms with Crippen molar-refractivity contribution in [3.8, 4) is 11.5 Å². The summed E-state index contributed by atoms with van der Waals surface area (Å²) in [4.78, 5) is 0. The second-order valence-electron chi connectivity index (χ2n) is 3.42. The van der Waals surface area contributed by atoms with Gasteiger partial charge in [-0.1, -0.05) is 19.9 Å². The molecule has 0 bridgehead atoms. The van der Waals surface area contributed by atoms with Crippen LogP contribution in [0.2, 0.25) is 0 Å². The van der Waals surface area contributed by atoms with Crippen molar-refractivity contribution in [2.75, 3.05) is 14.2 Å². The first-order valence-corrected chi connectivity index (χ1v) is 4.94. The van der Waals surface area contributed by atoms with Gasteiger partial charge in [-0.15, -0.1) is 0 Å². The van der Waals surface area contributed by atoms with Gasteiger partial charge in [0.25, 0.3) is 0 Å². The Morgan fingerprint density at radius 1 is 1.14 bits per heavy atom. The summed E-state index contributed by atoms with van der Waals surface area (Å²) in [7, 11) is 3.32. The quantitative estimate of drug-likeness (QED) is 0.732. The molecule has 0 radical (unpaired) electrons. The second kappa shape index (κ2) is 4.89. The molecule has 0 N–H and O–H groups in total. The van der Waals surface area contributed by atoms with Crippen LogP contribution in [0.15, 0.2) is 18.2 Å². The molecule has 0 aliphatic carbocycles. The van der Waals surface area contributed by atoms with Gasteiger partial charge in [0.2, 0.25) is 0 Å². The largest absolute Gasteiger partial charge is 0.493 e. The SMILES string of the molecule is CCC(C)c1ccc(OC)c(OC)c1. The molecular formula is C12H18O2. The topological polar surface area (TPSA) is 18.5 Å². The smallest absolute Gasteiger partial charge is 0.160 e. The second-order valence-corrected chi connectivity index (χ2v) is 3.42. The van der Waals surface area contributed by atoms with Crippen molar-refractivity contribution >= 4 is 0 Å². The van der Waals surface area contributed by atoms with Gasteiger partial charge in [0.15, 0.2) is 11.5 Å². The molecule has 0 saturated carbocycles. The van der Waals surface area contributed by atoms with Crippen molar-refractivity contribution in [2.45, 2.75) is 26.2 Å². The Morgan fingerprint density at radius 3 is 2.29 bits per heavy atom. The van der Waals surface area contributed by atoms with E-state index < -0.39 is 0 Å². The zero-order valence-corrected chi connectivity index (χ0v) is 9.33. The van der Waals surface area contributed by atoms with Gasteiger partial charge in [-0.3, -0.25) is 0 Å². The molecule has 0 spiro atoms. The standard InChI is InChI=1S/C12H18O2/c1-5-9(2)10-6-7-11(13-3)12(8-10)14-4/h6-9H,5H2,1-4H3. The van der Waals surface area contributed by atoms with Crippen LogP contribution >= 0.6 is 0 Å². The monoisotopic (exact) mass is 194 g/mol. The summed E-state index contributed by atoms with van der Waals surface area (Å²) in [5.74, 6) is 2.17. The lowest BCUT2D eigenvalue weighted by atomic mass is 9.98. The van der Waals surface area contributed by atoms with Crippen molar-refractivity contribution < 1.29 is 9.47 Å². The summed E-state index contributed by atoms with van der Waals surface area (Å²) in [6, 6.07) is 6.10. The third-order valence-electron chi connectivity index (χ3n) is 2.59. The third kappa shape index (κ3) is 2.19. The van der Waals surface area contributed by atoms with E-state index in [1.165, 1.54) is 5.56 Å². The van der Waals surface area contributed by atoms with Crippen LogP contribution in [0.4, 0.5) is 0 Å². The van der Waals surface area contributed by atoms with Crippen LogP contribution in [-0.4, -0.2) is 14.2 Å². The van der Waals surface area contributed by atoms with E-state index in [9.17, 15) is 0 Å². The summed E-state index contributed by atoms with van der Waals surface area (Å²) in [5.41, 5.74) is 1.30. The number of hydrogen-bond donors (Lipinski definition) is 0. The molecule has 78 valence electrons. The van der Waals surface area contributed by atoms with Gasteiger partial charge in [-0.25, -0.2) is 0 Å². The molecule has 0 amide bonds. The number of hydrogen-bond acceptors (Lipinski definition) is 2. The highest BCUT2D eigenvalue weighted by atomic mass is 16.5. The number of methoxy groups -OCH3 is 2. The van der Waals surface area contributed by atoms with Gasteiger partial charge in [0.05, 0.1) is 14.2 Å².